The number of carbonyl (C=O) groups excluding carboxylic acids is 1. The fourth-order valence-corrected chi connectivity index (χ4v) is 7.51. The second-order valence-corrected chi connectivity index (χ2v) is 13.6. The summed E-state index contributed by atoms with van der Waals surface area (Å²) in [5.74, 6) is 0.222. The number of nitriles is 1. The minimum Gasteiger partial charge on any atom is -0.497 e. The smallest absolute Gasteiger partial charge is 0.264 e. The number of rotatable bonds is 12. The molecule has 3 aromatic carbocycles. The summed E-state index contributed by atoms with van der Waals surface area (Å²) in [7, 11) is -2.60. The summed E-state index contributed by atoms with van der Waals surface area (Å²) in [5, 5.41) is 12.9. The van der Waals surface area contributed by atoms with Gasteiger partial charge in [-0.2, -0.15) is 5.26 Å². The van der Waals surface area contributed by atoms with E-state index < -0.39 is 10.0 Å². The molecule has 0 fully saturated rings. The molecule has 0 aliphatic rings. The van der Waals surface area contributed by atoms with Crippen molar-refractivity contribution in [3.63, 3.8) is 0 Å². The number of ether oxygens (including phenoxy) is 1. The lowest BCUT2D eigenvalue weighted by atomic mass is 10.1. The Hall–Kier alpha value is -5.51. The Morgan fingerprint density at radius 2 is 1.89 bits per heavy atom. The molecule has 0 aliphatic heterocycles. The van der Waals surface area contributed by atoms with E-state index in [4.69, 9.17) is 10.00 Å². The van der Waals surface area contributed by atoms with Crippen LogP contribution in [0.15, 0.2) is 115 Å². The molecule has 1 amide bonds. The molecule has 0 saturated heterocycles. The molecular weight excluding hydrogens is 633 g/mol. The average molecular weight is 663 g/mol. The van der Waals surface area contributed by atoms with E-state index >= 15 is 0 Å². The number of anilines is 1. The van der Waals surface area contributed by atoms with Gasteiger partial charge in [0.2, 0.25) is 0 Å². The number of carbonyl (C=O) groups is 1. The van der Waals surface area contributed by atoms with Crippen LogP contribution in [0.25, 0.3) is 10.1 Å². The zero-order valence-electron chi connectivity index (χ0n) is 25.4. The first-order valence-corrected chi connectivity index (χ1v) is 17.0. The predicted molar refractivity (Wildman–Crippen MR) is 181 cm³/mol. The van der Waals surface area contributed by atoms with Gasteiger partial charge in [0.25, 0.3) is 15.9 Å². The highest BCUT2D eigenvalue weighted by atomic mass is 32.2. The molecule has 236 valence electrons. The first-order chi connectivity index (χ1) is 22.8. The molecule has 12 heteroatoms. The number of methoxy groups -OCH3 is 1. The topological polar surface area (TPSA) is 130 Å². The van der Waals surface area contributed by atoms with Crippen LogP contribution < -0.4 is 14.4 Å². The summed E-state index contributed by atoms with van der Waals surface area (Å²) in [6.45, 7) is 0.876. The number of nitrogens with zero attached hydrogens (tertiary/aromatic N) is 5. The van der Waals surface area contributed by atoms with Gasteiger partial charge in [-0.1, -0.05) is 24.3 Å². The van der Waals surface area contributed by atoms with Gasteiger partial charge >= 0.3 is 0 Å². The quantitative estimate of drug-likeness (QED) is 0.176. The molecule has 0 aliphatic carbocycles. The minimum atomic E-state index is -4.08. The Morgan fingerprint density at radius 3 is 2.66 bits per heavy atom. The third kappa shape index (κ3) is 7.17. The van der Waals surface area contributed by atoms with E-state index in [1.165, 1.54) is 34.9 Å². The van der Waals surface area contributed by atoms with E-state index in [0.29, 0.717) is 47.1 Å². The zero-order valence-corrected chi connectivity index (χ0v) is 27.0. The third-order valence-electron chi connectivity index (χ3n) is 7.57. The number of thiophene rings is 1. The molecule has 10 nitrogen and oxygen atoms in total. The summed E-state index contributed by atoms with van der Waals surface area (Å²) in [4.78, 5) is 22.2. The van der Waals surface area contributed by atoms with Crippen LogP contribution in [0, 0.1) is 11.3 Å². The number of amides is 1. The molecule has 6 aromatic rings. The standard InChI is InChI=1S/C35H30N6O4S2/c1-45-31-6-4-7-32(19-31)47(43,44)41(23-30-21-37-24-40(30)22-26-10-8-25(20-36)9-11-26)29-12-13-33-27(17-29)18-34(46-33)35(42)39-16-14-28-5-2-3-15-38-28/h2-13,15,17-19,21,24H,14,16,22-23H2,1H3,(H,39,42). The summed E-state index contributed by atoms with van der Waals surface area (Å²) >= 11 is 1.35. The maximum atomic E-state index is 14.3. The predicted octanol–water partition coefficient (Wildman–Crippen LogP) is 5.79. The van der Waals surface area contributed by atoms with E-state index in [1.54, 1.807) is 61.2 Å². The van der Waals surface area contributed by atoms with Crippen molar-refractivity contribution >= 4 is 43.0 Å². The maximum Gasteiger partial charge on any atom is 0.264 e. The van der Waals surface area contributed by atoms with Crippen molar-refractivity contribution in [3.8, 4) is 11.8 Å². The van der Waals surface area contributed by atoms with E-state index in [1.807, 2.05) is 41.0 Å². The van der Waals surface area contributed by atoms with Gasteiger partial charge in [-0.25, -0.2) is 13.4 Å². The Morgan fingerprint density at radius 1 is 1.04 bits per heavy atom. The van der Waals surface area contributed by atoms with Crippen LogP contribution >= 0.6 is 11.3 Å². The number of imidazole rings is 1. The fourth-order valence-electron chi connectivity index (χ4n) is 5.09. The summed E-state index contributed by atoms with van der Waals surface area (Å²) in [6.07, 6.45) is 5.64. The number of hydrogen-bond donors (Lipinski definition) is 1. The lowest BCUT2D eigenvalue weighted by Gasteiger charge is -2.25. The highest BCUT2D eigenvalue weighted by Crippen LogP contribution is 2.33. The average Bonchev–Trinajstić information content (AvgIpc) is 3.74. The van der Waals surface area contributed by atoms with Gasteiger partial charge in [-0.05, 0) is 71.6 Å². The third-order valence-corrected chi connectivity index (χ3v) is 10.5. The molecule has 1 N–H and O–H groups in total. The molecule has 3 aromatic heterocycles. The van der Waals surface area contributed by atoms with Crippen molar-refractivity contribution in [2.24, 2.45) is 0 Å². The Balaban J connectivity index is 1.30. The summed E-state index contributed by atoms with van der Waals surface area (Å²) < 4.78 is 38.0. The van der Waals surface area contributed by atoms with Crippen LogP contribution in [0.4, 0.5) is 5.69 Å². The van der Waals surface area contributed by atoms with Gasteiger partial charge in [-0.15, -0.1) is 11.3 Å². The molecule has 6 rings (SSSR count). The first kappa shape index (κ1) is 31.5. The molecule has 3 heterocycles. The fraction of sp³-hybridized carbons (Fsp3) is 0.143. The lowest BCUT2D eigenvalue weighted by molar-refractivity contribution is 0.0958. The van der Waals surface area contributed by atoms with Crippen molar-refractivity contribution in [3.05, 3.63) is 137 Å². The van der Waals surface area contributed by atoms with Crippen molar-refractivity contribution in [2.75, 3.05) is 18.0 Å². The molecule has 0 atom stereocenters. The Kier molecular flexibility index (Phi) is 9.28. The van der Waals surface area contributed by atoms with Gasteiger partial charge in [-0.3, -0.25) is 14.1 Å². The van der Waals surface area contributed by atoms with Crippen LogP contribution in [0.3, 0.4) is 0 Å². The van der Waals surface area contributed by atoms with Crippen LogP contribution in [0.2, 0.25) is 0 Å². The van der Waals surface area contributed by atoms with Crippen LogP contribution in [-0.2, 0) is 29.5 Å². The van der Waals surface area contributed by atoms with Crippen molar-refractivity contribution in [1.29, 1.82) is 5.26 Å². The SMILES string of the molecule is COc1cccc(S(=O)(=O)N(Cc2cncn2Cc2ccc(C#N)cc2)c2ccc3sc(C(=O)NCCc4ccccn4)cc3c2)c1. The van der Waals surface area contributed by atoms with Crippen molar-refractivity contribution < 1.29 is 17.9 Å². The molecule has 0 unspecified atom stereocenters. The molecular formula is C35H30N6O4S2. The number of fused-ring (bicyclic) bond motifs is 1. The monoisotopic (exact) mass is 662 g/mol. The van der Waals surface area contributed by atoms with E-state index in [0.717, 1.165) is 21.3 Å². The Bertz CT molecular complexity index is 2170. The number of aromatic nitrogens is 3. The number of benzene rings is 3. The van der Waals surface area contributed by atoms with Crippen LogP contribution in [0.1, 0.15) is 32.2 Å². The first-order valence-electron chi connectivity index (χ1n) is 14.7. The van der Waals surface area contributed by atoms with Crippen molar-refractivity contribution in [2.45, 2.75) is 24.4 Å². The van der Waals surface area contributed by atoms with Gasteiger partial charge in [0, 0.05) is 48.4 Å². The summed E-state index contributed by atoms with van der Waals surface area (Å²) in [6, 6.07) is 28.5. The molecule has 0 bridgehead atoms. The number of sulfonamides is 1. The zero-order chi connectivity index (χ0) is 32.8. The second kappa shape index (κ2) is 13.9. The highest BCUT2D eigenvalue weighted by molar-refractivity contribution is 7.92. The van der Waals surface area contributed by atoms with Gasteiger partial charge in [0.15, 0.2) is 0 Å². The maximum absolute atomic E-state index is 14.3. The number of hydrogen-bond acceptors (Lipinski definition) is 8. The molecule has 0 radical (unpaired) electrons. The van der Waals surface area contributed by atoms with Crippen LogP contribution in [-0.4, -0.2) is 42.5 Å². The normalized spacial score (nSPS) is 11.2. The largest absolute Gasteiger partial charge is 0.497 e. The van der Waals surface area contributed by atoms with Crippen LogP contribution in [0.5, 0.6) is 5.75 Å². The summed E-state index contributed by atoms with van der Waals surface area (Å²) in [5.41, 5.74) is 3.50. The van der Waals surface area contributed by atoms with Gasteiger partial charge < -0.3 is 14.6 Å². The van der Waals surface area contributed by atoms with Gasteiger partial charge in [0.05, 0.1) is 52.8 Å². The number of pyridine rings is 1. The highest BCUT2D eigenvalue weighted by Gasteiger charge is 2.27. The molecule has 0 spiro atoms. The van der Waals surface area contributed by atoms with E-state index in [2.05, 4.69) is 21.4 Å². The molecule has 0 saturated carbocycles. The second-order valence-electron chi connectivity index (χ2n) is 10.7. The minimum absolute atomic E-state index is 0.00761. The van der Waals surface area contributed by atoms with Gasteiger partial charge in [0.1, 0.15) is 5.75 Å². The van der Waals surface area contributed by atoms with Crippen molar-refractivity contribution in [1.82, 2.24) is 19.9 Å². The van der Waals surface area contributed by atoms with E-state index in [9.17, 15) is 13.2 Å². The number of nitrogens with one attached hydrogen (secondary N) is 1. The van der Waals surface area contributed by atoms with E-state index in [-0.39, 0.29) is 17.3 Å². The Labute approximate surface area is 276 Å². The lowest BCUT2D eigenvalue weighted by Crippen LogP contribution is -2.31. The molecule has 47 heavy (non-hydrogen) atoms.